The van der Waals surface area contributed by atoms with Crippen molar-refractivity contribution >= 4 is 11.6 Å². The van der Waals surface area contributed by atoms with Crippen molar-refractivity contribution < 1.29 is 9.90 Å². The number of carboxylic acid groups (broad SMARTS) is 1. The van der Waals surface area contributed by atoms with Crippen molar-refractivity contribution in [3.63, 3.8) is 0 Å². The Balaban J connectivity index is 2.67. The van der Waals surface area contributed by atoms with Gasteiger partial charge >= 0.3 is 5.97 Å². The van der Waals surface area contributed by atoms with Gasteiger partial charge in [-0.3, -0.25) is 0 Å². The summed E-state index contributed by atoms with van der Waals surface area (Å²) in [4.78, 5) is 14.6. The zero-order chi connectivity index (χ0) is 10.1. The van der Waals surface area contributed by atoms with E-state index in [4.69, 9.17) is 11.5 Å². The highest BCUT2D eigenvalue weighted by molar-refractivity contribution is 5.86. The molecule has 0 saturated heterocycles. The van der Waals surface area contributed by atoms with Gasteiger partial charge in [0.1, 0.15) is 5.69 Å². The zero-order valence-corrected chi connectivity index (χ0v) is 7.01. The first-order valence-electron chi connectivity index (χ1n) is 3.77. The lowest BCUT2D eigenvalue weighted by Gasteiger charge is -1.91. The Bertz CT molecular complexity index is 551. The third-order valence-corrected chi connectivity index (χ3v) is 1.69. The fourth-order valence-electron chi connectivity index (χ4n) is 1.06. The van der Waals surface area contributed by atoms with Gasteiger partial charge in [0.15, 0.2) is 11.3 Å². The van der Waals surface area contributed by atoms with E-state index < -0.39 is 5.97 Å². The smallest absolute Gasteiger partial charge is 0.356 e. The quantitative estimate of drug-likeness (QED) is 0.656. The first-order valence-corrected chi connectivity index (χ1v) is 3.77. The lowest BCUT2D eigenvalue weighted by Crippen LogP contribution is -1.97. The van der Waals surface area contributed by atoms with Crippen LogP contribution in [-0.4, -0.2) is 25.7 Å². The number of terminal acetylenes is 1. The van der Waals surface area contributed by atoms with E-state index in [0.717, 1.165) is 0 Å². The van der Waals surface area contributed by atoms with Gasteiger partial charge in [-0.05, 0) is 6.07 Å². The lowest BCUT2D eigenvalue weighted by atomic mass is 10.4. The van der Waals surface area contributed by atoms with Crippen molar-refractivity contribution in [3.05, 3.63) is 29.7 Å². The first-order chi connectivity index (χ1) is 6.70. The van der Waals surface area contributed by atoms with Crippen molar-refractivity contribution in [2.24, 2.45) is 0 Å². The van der Waals surface area contributed by atoms with E-state index in [1.807, 2.05) is 0 Å². The Labute approximate surface area is 79.0 Å². The number of hydrogen-bond donors (Lipinski definition) is 1. The predicted molar refractivity (Wildman–Crippen MR) is 47.9 cm³/mol. The molecular weight excluding hydrogens is 182 g/mol. The minimum Gasteiger partial charge on any atom is -0.476 e. The molecule has 0 atom stereocenters. The highest BCUT2D eigenvalue weighted by Crippen LogP contribution is 2.04. The van der Waals surface area contributed by atoms with Crippen LogP contribution in [0.4, 0.5) is 0 Å². The monoisotopic (exact) mass is 187 g/mol. The van der Waals surface area contributed by atoms with Crippen LogP contribution in [0.15, 0.2) is 18.3 Å². The van der Waals surface area contributed by atoms with E-state index in [9.17, 15) is 4.79 Å². The van der Waals surface area contributed by atoms with Gasteiger partial charge < -0.3 is 5.11 Å². The molecule has 1 N–H and O–H groups in total. The van der Waals surface area contributed by atoms with E-state index in [1.165, 1.54) is 10.6 Å². The molecule has 0 radical (unpaired) electrons. The first kappa shape index (κ1) is 8.26. The molecule has 0 aliphatic carbocycles. The number of hydrogen-bond acceptors (Lipinski definition) is 3. The van der Waals surface area contributed by atoms with Crippen LogP contribution in [0.1, 0.15) is 16.2 Å². The van der Waals surface area contributed by atoms with E-state index in [2.05, 4.69) is 16.0 Å². The minimum absolute atomic E-state index is 0.0494. The molecule has 2 aromatic heterocycles. The maximum Gasteiger partial charge on any atom is 0.356 e. The summed E-state index contributed by atoms with van der Waals surface area (Å²) in [5, 5.41) is 12.4. The maximum atomic E-state index is 10.6. The number of rotatable bonds is 1. The Morgan fingerprint density at radius 3 is 3.07 bits per heavy atom. The van der Waals surface area contributed by atoms with E-state index in [1.54, 1.807) is 12.3 Å². The van der Waals surface area contributed by atoms with Gasteiger partial charge in [0.05, 0.1) is 0 Å². The van der Waals surface area contributed by atoms with Crippen LogP contribution in [0, 0.1) is 12.3 Å². The molecule has 5 nitrogen and oxygen atoms in total. The van der Waals surface area contributed by atoms with Gasteiger partial charge in [-0.25, -0.2) is 14.3 Å². The molecule has 68 valence electrons. The topological polar surface area (TPSA) is 67.5 Å². The molecule has 0 bridgehead atoms. The summed E-state index contributed by atoms with van der Waals surface area (Å²) in [6.45, 7) is 0. The van der Waals surface area contributed by atoms with Crippen molar-refractivity contribution in [3.8, 4) is 12.3 Å². The summed E-state index contributed by atoms with van der Waals surface area (Å²) >= 11 is 0. The highest BCUT2D eigenvalue weighted by atomic mass is 16.4. The summed E-state index contributed by atoms with van der Waals surface area (Å²) in [5.41, 5.74) is 0.832. The van der Waals surface area contributed by atoms with Crippen LogP contribution >= 0.6 is 0 Å². The molecule has 0 aliphatic heterocycles. The van der Waals surface area contributed by atoms with Crippen LogP contribution in [0.2, 0.25) is 0 Å². The number of carboxylic acids is 1. The molecule has 0 amide bonds. The molecule has 0 fully saturated rings. The van der Waals surface area contributed by atoms with Crippen molar-refractivity contribution in [2.45, 2.75) is 0 Å². The number of aromatic nitrogens is 3. The molecule has 0 unspecified atom stereocenters. The summed E-state index contributed by atoms with van der Waals surface area (Å²) < 4.78 is 1.37. The number of fused-ring (bicyclic) bond motifs is 1. The van der Waals surface area contributed by atoms with Gasteiger partial charge in [0.25, 0.3) is 0 Å². The van der Waals surface area contributed by atoms with E-state index in [0.29, 0.717) is 11.3 Å². The van der Waals surface area contributed by atoms with Gasteiger partial charge in [-0.15, -0.1) is 6.42 Å². The Morgan fingerprint density at radius 2 is 2.43 bits per heavy atom. The fraction of sp³-hybridized carbons (Fsp3) is 0. The third kappa shape index (κ3) is 1.19. The lowest BCUT2D eigenvalue weighted by molar-refractivity contribution is 0.0690. The highest BCUT2D eigenvalue weighted by Gasteiger charge is 2.08. The third-order valence-electron chi connectivity index (χ3n) is 1.69. The normalized spacial score (nSPS) is 9.93. The number of aromatic carboxylic acids is 1. The second kappa shape index (κ2) is 2.85. The predicted octanol–water partition coefficient (Wildman–Crippen LogP) is 0.409. The Hall–Kier alpha value is -2.35. The molecule has 2 aromatic rings. The molecule has 0 spiro atoms. The van der Waals surface area contributed by atoms with Gasteiger partial charge in [-0.2, -0.15) is 5.10 Å². The van der Waals surface area contributed by atoms with Gasteiger partial charge in [0.2, 0.25) is 0 Å². The van der Waals surface area contributed by atoms with Crippen molar-refractivity contribution in [1.29, 1.82) is 0 Å². The van der Waals surface area contributed by atoms with Crippen molar-refractivity contribution in [2.75, 3.05) is 0 Å². The molecule has 14 heavy (non-hydrogen) atoms. The van der Waals surface area contributed by atoms with Gasteiger partial charge in [-0.1, -0.05) is 5.92 Å². The summed E-state index contributed by atoms with van der Waals surface area (Å²) in [6.07, 6.45) is 6.72. The van der Waals surface area contributed by atoms with Crippen LogP contribution in [0.3, 0.4) is 0 Å². The SMILES string of the molecule is C#Cc1ccn2nc(C(=O)O)cc2n1. The molecular formula is C9H5N3O2. The molecule has 2 rings (SSSR count). The van der Waals surface area contributed by atoms with Crippen molar-refractivity contribution in [1.82, 2.24) is 14.6 Å². The van der Waals surface area contributed by atoms with Gasteiger partial charge in [0, 0.05) is 12.3 Å². The average Bonchev–Trinajstić information content (AvgIpc) is 2.59. The number of carbonyl (C=O) groups is 1. The Kier molecular flexibility index (Phi) is 1.68. The maximum absolute atomic E-state index is 10.6. The van der Waals surface area contributed by atoms with E-state index in [-0.39, 0.29) is 5.69 Å². The average molecular weight is 187 g/mol. The van der Waals surface area contributed by atoms with Crippen LogP contribution < -0.4 is 0 Å². The standard InChI is InChI=1S/C9H5N3O2/c1-2-6-3-4-12-8(10-6)5-7(11-12)9(13)14/h1,3-5H,(H,13,14). The molecule has 0 saturated carbocycles. The molecule has 0 aliphatic rings. The van der Waals surface area contributed by atoms with Crippen LogP contribution in [-0.2, 0) is 0 Å². The Morgan fingerprint density at radius 1 is 1.64 bits per heavy atom. The molecule has 2 heterocycles. The second-order valence-corrected chi connectivity index (χ2v) is 2.59. The van der Waals surface area contributed by atoms with E-state index >= 15 is 0 Å². The minimum atomic E-state index is -1.09. The molecule has 5 heteroatoms. The fourth-order valence-corrected chi connectivity index (χ4v) is 1.06. The second-order valence-electron chi connectivity index (χ2n) is 2.59. The number of nitrogens with zero attached hydrogens (tertiary/aromatic N) is 3. The summed E-state index contributed by atoms with van der Waals surface area (Å²) in [5.74, 6) is 1.27. The van der Waals surface area contributed by atoms with Crippen LogP contribution in [0.5, 0.6) is 0 Å². The van der Waals surface area contributed by atoms with Crippen LogP contribution in [0.25, 0.3) is 5.65 Å². The summed E-state index contributed by atoms with van der Waals surface area (Å²) in [6, 6.07) is 2.95. The zero-order valence-electron chi connectivity index (χ0n) is 7.01. The largest absolute Gasteiger partial charge is 0.476 e. The molecule has 0 aromatic carbocycles. The summed E-state index contributed by atoms with van der Waals surface area (Å²) in [7, 11) is 0.